The molecule has 0 saturated carbocycles. The van der Waals surface area contributed by atoms with Crippen LogP contribution >= 0.6 is 0 Å². The summed E-state index contributed by atoms with van der Waals surface area (Å²) in [6.45, 7) is 0. The van der Waals surface area contributed by atoms with Crippen molar-refractivity contribution in [2.75, 3.05) is 0 Å². The molecule has 0 N–H and O–H groups in total. The zero-order valence-corrected chi connectivity index (χ0v) is 10.0. The number of hydrogen-bond acceptors (Lipinski definition) is 4. The van der Waals surface area contributed by atoms with Crippen molar-refractivity contribution in [1.82, 2.24) is 4.98 Å². The molecule has 0 fully saturated rings. The number of carbonyl (C=O) groups excluding carboxylic acids is 2. The van der Waals surface area contributed by atoms with Crippen LogP contribution in [0.25, 0.3) is 0 Å². The molecule has 1 amide bonds. The highest BCUT2D eigenvalue weighted by atomic mass is 19.4. The average molecular weight is 283 g/mol. The Morgan fingerprint density at radius 2 is 1.80 bits per heavy atom. The molecule has 0 spiro atoms. The van der Waals surface area contributed by atoms with Crippen molar-refractivity contribution >= 4 is 11.7 Å². The van der Waals surface area contributed by atoms with E-state index in [-0.39, 0.29) is 18.5 Å². The van der Waals surface area contributed by atoms with Gasteiger partial charge in [-0.15, -0.1) is 5.11 Å². The van der Waals surface area contributed by atoms with Crippen LogP contribution in [0, 0.1) is 0 Å². The molecule has 2 heterocycles. The first-order valence-corrected chi connectivity index (χ1v) is 5.58. The van der Waals surface area contributed by atoms with Crippen LogP contribution in [0.4, 0.5) is 13.2 Å². The fourth-order valence-electron chi connectivity index (χ4n) is 1.57. The van der Waals surface area contributed by atoms with Gasteiger partial charge in [-0.05, 0) is 24.5 Å². The minimum Gasteiger partial charge on any atom is -0.284 e. The Kier molecular flexibility index (Phi) is 3.73. The van der Waals surface area contributed by atoms with Crippen LogP contribution in [0.5, 0.6) is 0 Å². The molecule has 0 aliphatic carbocycles. The first-order valence-electron chi connectivity index (χ1n) is 5.58. The van der Waals surface area contributed by atoms with Crippen LogP contribution in [0.2, 0.25) is 0 Å². The van der Waals surface area contributed by atoms with Gasteiger partial charge in [0.05, 0.1) is 11.3 Å². The second kappa shape index (κ2) is 5.32. The lowest BCUT2D eigenvalue weighted by Crippen LogP contribution is -2.11. The third-order valence-electron chi connectivity index (χ3n) is 2.57. The van der Waals surface area contributed by atoms with Gasteiger partial charge in [-0.1, -0.05) is 0 Å². The smallest absolute Gasteiger partial charge is 0.284 e. The summed E-state index contributed by atoms with van der Waals surface area (Å²) < 4.78 is 37.5. The molecule has 1 aromatic heterocycles. The number of nitrogens with zero attached hydrogens (tertiary/aromatic N) is 3. The predicted octanol–water partition coefficient (Wildman–Crippen LogP) is 2.48. The molecule has 8 heteroatoms. The Hall–Kier alpha value is -2.38. The van der Waals surface area contributed by atoms with Crippen LogP contribution < -0.4 is 0 Å². The SMILES string of the molecule is O=C1C=C(CCc2cncc(C(F)(F)F)c2)N=NC1=O. The zero-order valence-electron chi connectivity index (χ0n) is 10.0. The summed E-state index contributed by atoms with van der Waals surface area (Å²) in [5.41, 5.74) is -0.215. The van der Waals surface area contributed by atoms with Crippen molar-refractivity contribution in [3.8, 4) is 0 Å². The van der Waals surface area contributed by atoms with Crippen LogP contribution in [-0.4, -0.2) is 16.7 Å². The third kappa shape index (κ3) is 3.34. The van der Waals surface area contributed by atoms with E-state index in [0.717, 1.165) is 18.3 Å². The molecule has 0 bridgehead atoms. The van der Waals surface area contributed by atoms with Crippen molar-refractivity contribution in [1.29, 1.82) is 0 Å². The molecule has 104 valence electrons. The summed E-state index contributed by atoms with van der Waals surface area (Å²) in [5.74, 6) is -1.73. The Bertz CT molecular complexity index is 621. The Labute approximate surface area is 111 Å². The van der Waals surface area contributed by atoms with E-state index in [2.05, 4.69) is 15.2 Å². The first kappa shape index (κ1) is 14.0. The summed E-state index contributed by atoms with van der Waals surface area (Å²) in [7, 11) is 0. The molecule has 1 aliphatic rings. The second-order valence-electron chi connectivity index (χ2n) is 4.08. The molecule has 20 heavy (non-hydrogen) atoms. The molecule has 1 aliphatic heterocycles. The van der Waals surface area contributed by atoms with E-state index in [1.54, 1.807) is 0 Å². The summed E-state index contributed by atoms with van der Waals surface area (Å²) in [5, 5.41) is 6.65. The van der Waals surface area contributed by atoms with Gasteiger partial charge in [-0.2, -0.15) is 18.3 Å². The van der Waals surface area contributed by atoms with Crippen molar-refractivity contribution in [2.45, 2.75) is 19.0 Å². The quantitative estimate of drug-likeness (QED) is 0.800. The van der Waals surface area contributed by atoms with Crippen molar-refractivity contribution in [3.63, 3.8) is 0 Å². The van der Waals surface area contributed by atoms with E-state index >= 15 is 0 Å². The van der Waals surface area contributed by atoms with Gasteiger partial charge in [0.25, 0.3) is 0 Å². The highest BCUT2D eigenvalue weighted by Gasteiger charge is 2.30. The lowest BCUT2D eigenvalue weighted by molar-refractivity contribution is -0.137. The van der Waals surface area contributed by atoms with E-state index in [1.165, 1.54) is 6.20 Å². The molecular formula is C12H8F3N3O2. The minimum atomic E-state index is -4.45. The number of allylic oxidation sites excluding steroid dienone is 1. The van der Waals surface area contributed by atoms with Gasteiger partial charge in [-0.3, -0.25) is 14.6 Å². The van der Waals surface area contributed by atoms with Crippen LogP contribution in [0.1, 0.15) is 17.5 Å². The largest absolute Gasteiger partial charge is 0.417 e. The molecule has 0 radical (unpaired) electrons. The second-order valence-corrected chi connectivity index (χ2v) is 4.08. The summed E-state index contributed by atoms with van der Waals surface area (Å²) >= 11 is 0. The zero-order chi connectivity index (χ0) is 14.8. The summed E-state index contributed by atoms with van der Waals surface area (Å²) in [4.78, 5) is 25.4. The molecule has 0 aromatic carbocycles. The molecular weight excluding hydrogens is 275 g/mol. The lowest BCUT2D eigenvalue weighted by atomic mass is 10.1. The van der Waals surface area contributed by atoms with Crippen molar-refractivity contribution in [3.05, 3.63) is 41.4 Å². The van der Waals surface area contributed by atoms with Gasteiger partial charge in [0.15, 0.2) is 0 Å². The maximum absolute atomic E-state index is 12.5. The maximum Gasteiger partial charge on any atom is 0.417 e. The average Bonchev–Trinajstić information content (AvgIpc) is 2.39. The van der Waals surface area contributed by atoms with E-state index in [1.807, 2.05) is 0 Å². The normalized spacial score (nSPS) is 15.4. The Balaban J connectivity index is 2.05. The van der Waals surface area contributed by atoms with Crippen LogP contribution in [0.15, 0.2) is 40.5 Å². The fraction of sp³-hybridized carbons (Fsp3) is 0.250. The molecule has 2 rings (SSSR count). The Morgan fingerprint density at radius 3 is 2.45 bits per heavy atom. The van der Waals surface area contributed by atoms with Gasteiger partial charge in [-0.25, -0.2) is 0 Å². The fourth-order valence-corrected chi connectivity index (χ4v) is 1.57. The predicted molar refractivity (Wildman–Crippen MR) is 60.5 cm³/mol. The van der Waals surface area contributed by atoms with Crippen molar-refractivity contribution in [2.24, 2.45) is 10.2 Å². The number of azo groups is 1. The molecule has 1 aromatic rings. The van der Waals surface area contributed by atoms with E-state index < -0.39 is 23.4 Å². The number of rotatable bonds is 3. The van der Waals surface area contributed by atoms with E-state index in [0.29, 0.717) is 5.56 Å². The number of aromatic nitrogens is 1. The number of amides is 1. The third-order valence-corrected chi connectivity index (χ3v) is 2.57. The molecule has 5 nitrogen and oxygen atoms in total. The first-order chi connectivity index (χ1) is 9.36. The van der Waals surface area contributed by atoms with Crippen molar-refractivity contribution < 1.29 is 22.8 Å². The van der Waals surface area contributed by atoms with Gasteiger partial charge < -0.3 is 0 Å². The number of hydrogen-bond donors (Lipinski definition) is 0. The van der Waals surface area contributed by atoms with Gasteiger partial charge in [0.2, 0.25) is 5.78 Å². The topological polar surface area (TPSA) is 71.8 Å². The monoisotopic (exact) mass is 283 g/mol. The molecule has 0 unspecified atom stereocenters. The number of alkyl halides is 3. The standard InChI is InChI=1S/C12H8F3N3O2/c13-12(14,15)8-3-7(5-16-6-8)1-2-9-4-10(19)11(20)18-17-9/h3-6H,1-2H2. The van der Waals surface area contributed by atoms with Crippen LogP contribution in [0.3, 0.4) is 0 Å². The number of aryl methyl sites for hydroxylation is 1. The van der Waals surface area contributed by atoms with Gasteiger partial charge in [0.1, 0.15) is 0 Å². The Morgan fingerprint density at radius 1 is 1.05 bits per heavy atom. The molecule has 0 atom stereocenters. The highest BCUT2D eigenvalue weighted by molar-refractivity contribution is 6.41. The number of ketones is 1. The summed E-state index contributed by atoms with van der Waals surface area (Å²) in [6.07, 6.45) is -0.950. The number of carbonyl (C=O) groups is 2. The number of halogens is 3. The van der Waals surface area contributed by atoms with E-state index in [4.69, 9.17) is 0 Å². The maximum atomic E-state index is 12.5. The number of pyridine rings is 1. The summed E-state index contributed by atoms with van der Waals surface area (Å²) in [6, 6.07) is 0.987. The van der Waals surface area contributed by atoms with Crippen LogP contribution in [-0.2, 0) is 22.2 Å². The lowest BCUT2D eigenvalue weighted by Gasteiger charge is -2.08. The minimum absolute atomic E-state index is 0.200. The van der Waals surface area contributed by atoms with Gasteiger partial charge >= 0.3 is 12.1 Å². The highest BCUT2D eigenvalue weighted by Crippen LogP contribution is 2.29. The van der Waals surface area contributed by atoms with Gasteiger partial charge in [0, 0.05) is 18.5 Å². The van der Waals surface area contributed by atoms with E-state index in [9.17, 15) is 22.8 Å². The molecule has 0 saturated heterocycles.